The highest BCUT2D eigenvalue weighted by Gasteiger charge is 2.44. The topological polar surface area (TPSA) is 75.8 Å². The SMILES string of the molecule is CC1(CCCN)COC(=O)N1c1ccc(O)cc1. The molecular formula is C13H18N2O3. The number of aromatic hydroxyl groups is 1. The number of carbonyl (C=O) groups is 1. The Kier molecular flexibility index (Phi) is 3.43. The zero-order valence-electron chi connectivity index (χ0n) is 10.4. The van der Waals surface area contributed by atoms with Crippen LogP contribution in [0.5, 0.6) is 5.75 Å². The lowest BCUT2D eigenvalue weighted by molar-refractivity contribution is 0.173. The molecule has 1 unspecified atom stereocenters. The largest absolute Gasteiger partial charge is 0.508 e. The first-order valence-corrected chi connectivity index (χ1v) is 6.03. The summed E-state index contributed by atoms with van der Waals surface area (Å²) in [4.78, 5) is 13.5. The maximum absolute atomic E-state index is 11.8. The predicted octanol–water partition coefficient (Wildman–Crippen LogP) is 1.85. The van der Waals surface area contributed by atoms with Gasteiger partial charge in [-0.1, -0.05) is 0 Å². The van der Waals surface area contributed by atoms with Crippen LogP contribution in [0.1, 0.15) is 19.8 Å². The molecule has 0 aliphatic carbocycles. The van der Waals surface area contributed by atoms with E-state index in [2.05, 4.69) is 0 Å². The normalized spacial score (nSPS) is 23.2. The van der Waals surface area contributed by atoms with E-state index in [9.17, 15) is 9.90 Å². The highest BCUT2D eigenvalue weighted by Crippen LogP contribution is 2.34. The molecule has 2 rings (SSSR count). The Morgan fingerprint density at radius 1 is 1.44 bits per heavy atom. The Hall–Kier alpha value is -1.75. The van der Waals surface area contributed by atoms with Gasteiger partial charge in [-0.2, -0.15) is 0 Å². The number of cyclic esters (lactones) is 1. The number of phenolic OH excluding ortho intramolecular Hbond substituents is 1. The van der Waals surface area contributed by atoms with E-state index in [0.29, 0.717) is 13.2 Å². The third-order valence-corrected chi connectivity index (χ3v) is 3.26. The Labute approximate surface area is 106 Å². The molecule has 5 heteroatoms. The quantitative estimate of drug-likeness (QED) is 0.855. The number of rotatable bonds is 4. The Morgan fingerprint density at radius 3 is 2.72 bits per heavy atom. The van der Waals surface area contributed by atoms with E-state index in [1.165, 1.54) is 0 Å². The van der Waals surface area contributed by atoms with Crippen molar-refractivity contribution in [2.45, 2.75) is 25.3 Å². The van der Waals surface area contributed by atoms with Gasteiger partial charge in [-0.3, -0.25) is 4.90 Å². The average molecular weight is 250 g/mol. The second-order valence-electron chi connectivity index (χ2n) is 4.80. The van der Waals surface area contributed by atoms with Crippen LogP contribution in [0.15, 0.2) is 24.3 Å². The molecule has 0 radical (unpaired) electrons. The standard InChI is InChI=1S/C13H18N2O3/c1-13(7-2-8-14)9-18-12(17)15(13)10-3-5-11(16)6-4-10/h3-6,16H,2,7-9,14H2,1H3. The van der Waals surface area contributed by atoms with Crippen molar-refractivity contribution in [1.82, 2.24) is 0 Å². The van der Waals surface area contributed by atoms with Crippen LogP contribution in [0.3, 0.4) is 0 Å². The number of anilines is 1. The monoisotopic (exact) mass is 250 g/mol. The first kappa shape index (κ1) is 12.7. The molecule has 5 nitrogen and oxygen atoms in total. The number of hydrogen-bond donors (Lipinski definition) is 2. The summed E-state index contributed by atoms with van der Waals surface area (Å²) < 4.78 is 5.15. The van der Waals surface area contributed by atoms with Gasteiger partial charge < -0.3 is 15.6 Å². The third kappa shape index (κ3) is 2.26. The van der Waals surface area contributed by atoms with Gasteiger partial charge in [0.15, 0.2) is 0 Å². The van der Waals surface area contributed by atoms with Gasteiger partial charge in [0, 0.05) is 5.69 Å². The summed E-state index contributed by atoms with van der Waals surface area (Å²) in [6.45, 7) is 2.94. The van der Waals surface area contributed by atoms with Gasteiger partial charge in [0.25, 0.3) is 0 Å². The minimum Gasteiger partial charge on any atom is -0.508 e. The molecule has 1 aromatic rings. The van der Waals surface area contributed by atoms with Gasteiger partial charge in [0.1, 0.15) is 12.4 Å². The molecule has 0 aromatic heterocycles. The van der Waals surface area contributed by atoms with Crippen molar-refractivity contribution < 1.29 is 14.6 Å². The van der Waals surface area contributed by atoms with Crippen molar-refractivity contribution in [3.63, 3.8) is 0 Å². The van der Waals surface area contributed by atoms with Crippen LogP contribution in [0.4, 0.5) is 10.5 Å². The van der Waals surface area contributed by atoms with E-state index in [1.807, 2.05) is 6.92 Å². The van der Waals surface area contributed by atoms with Crippen LogP contribution in [0, 0.1) is 0 Å². The Balaban J connectivity index is 2.27. The van der Waals surface area contributed by atoms with Crippen LogP contribution >= 0.6 is 0 Å². The van der Waals surface area contributed by atoms with Crippen molar-refractivity contribution in [2.75, 3.05) is 18.1 Å². The van der Waals surface area contributed by atoms with E-state index >= 15 is 0 Å². The number of carbonyl (C=O) groups excluding carboxylic acids is 1. The first-order valence-electron chi connectivity index (χ1n) is 6.03. The number of hydrogen-bond acceptors (Lipinski definition) is 4. The number of benzene rings is 1. The molecule has 3 N–H and O–H groups in total. The van der Waals surface area contributed by atoms with E-state index in [4.69, 9.17) is 10.5 Å². The van der Waals surface area contributed by atoms with Crippen molar-refractivity contribution >= 4 is 11.8 Å². The van der Waals surface area contributed by atoms with Crippen LogP contribution in [0.25, 0.3) is 0 Å². The van der Waals surface area contributed by atoms with E-state index in [-0.39, 0.29) is 17.4 Å². The molecular weight excluding hydrogens is 232 g/mol. The summed E-state index contributed by atoms with van der Waals surface area (Å²) in [6.07, 6.45) is 1.28. The van der Waals surface area contributed by atoms with Gasteiger partial charge in [-0.25, -0.2) is 4.79 Å². The fraction of sp³-hybridized carbons (Fsp3) is 0.462. The van der Waals surface area contributed by atoms with Crippen molar-refractivity contribution in [1.29, 1.82) is 0 Å². The molecule has 1 saturated heterocycles. The highest BCUT2D eigenvalue weighted by molar-refractivity contribution is 5.91. The first-order chi connectivity index (χ1) is 8.57. The molecule has 1 amide bonds. The average Bonchev–Trinajstić information content (AvgIpc) is 2.65. The van der Waals surface area contributed by atoms with Gasteiger partial charge in [-0.05, 0) is 50.6 Å². The minimum atomic E-state index is -0.368. The molecule has 1 atom stereocenters. The van der Waals surface area contributed by atoms with E-state index in [0.717, 1.165) is 18.5 Å². The van der Waals surface area contributed by atoms with Gasteiger partial charge in [0.05, 0.1) is 5.54 Å². The lowest BCUT2D eigenvalue weighted by atomic mass is 9.95. The zero-order chi connectivity index (χ0) is 13.2. The Morgan fingerprint density at radius 2 is 2.11 bits per heavy atom. The zero-order valence-corrected chi connectivity index (χ0v) is 10.4. The molecule has 1 aliphatic rings. The number of nitrogens with zero attached hydrogens (tertiary/aromatic N) is 1. The van der Waals surface area contributed by atoms with Crippen molar-refractivity contribution in [2.24, 2.45) is 5.73 Å². The summed E-state index contributed by atoms with van der Waals surface area (Å²) >= 11 is 0. The Bertz CT molecular complexity index is 432. The second kappa shape index (κ2) is 4.86. The van der Waals surface area contributed by atoms with Crippen LogP contribution in [-0.2, 0) is 4.74 Å². The number of nitrogens with two attached hydrogens (primary N) is 1. The maximum atomic E-state index is 11.8. The second-order valence-corrected chi connectivity index (χ2v) is 4.80. The van der Waals surface area contributed by atoms with Crippen LogP contribution < -0.4 is 10.6 Å². The van der Waals surface area contributed by atoms with Gasteiger partial charge >= 0.3 is 6.09 Å². The molecule has 98 valence electrons. The van der Waals surface area contributed by atoms with E-state index in [1.54, 1.807) is 29.2 Å². The van der Waals surface area contributed by atoms with Gasteiger partial charge in [0.2, 0.25) is 0 Å². The predicted molar refractivity (Wildman–Crippen MR) is 68.6 cm³/mol. The van der Waals surface area contributed by atoms with E-state index < -0.39 is 0 Å². The molecule has 1 heterocycles. The smallest absolute Gasteiger partial charge is 0.415 e. The fourth-order valence-electron chi connectivity index (χ4n) is 2.25. The highest BCUT2D eigenvalue weighted by atomic mass is 16.6. The summed E-state index contributed by atoms with van der Waals surface area (Å²) in [7, 11) is 0. The molecule has 1 fully saturated rings. The molecule has 0 spiro atoms. The molecule has 0 saturated carbocycles. The van der Waals surface area contributed by atoms with Crippen LogP contribution in [0.2, 0.25) is 0 Å². The summed E-state index contributed by atoms with van der Waals surface area (Å²) in [5.41, 5.74) is 5.89. The molecule has 18 heavy (non-hydrogen) atoms. The van der Waals surface area contributed by atoms with Gasteiger partial charge in [-0.15, -0.1) is 0 Å². The fourth-order valence-corrected chi connectivity index (χ4v) is 2.25. The molecule has 1 aliphatic heterocycles. The summed E-state index contributed by atoms with van der Waals surface area (Å²) in [5, 5.41) is 9.29. The minimum absolute atomic E-state index is 0.176. The van der Waals surface area contributed by atoms with Crippen LogP contribution in [-0.4, -0.2) is 29.9 Å². The number of amides is 1. The lowest BCUT2D eigenvalue weighted by Gasteiger charge is -2.31. The number of ether oxygens (including phenoxy) is 1. The third-order valence-electron chi connectivity index (χ3n) is 3.26. The van der Waals surface area contributed by atoms with Crippen molar-refractivity contribution in [3.05, 3.63) is 24.3 Å². The lowest BCUT2D eigenvalue weighted by Crippen LogP contribution is -2.45. The summed E-state index contributed by atoms with van der Waals surface area (Å²) in [6, 6.07) is 6.54. The molecule has 1 aromatic carbocycles. The molecule has 0 bridgehead atoms. The maximum Gasteiger partial charge on any atom is 0.415 e. The summed E-state index contributed by atoms with van der Waals surface area (Å²) in [5.74, 6) is 0.176. The van der Waals surface area contributed by atoms with Crippen molar-refractivity contribution in [3.8, 4) is 5.75 Å². The number of phenols is 1.